The average Bonchev–Trinajstić information content (AvgIpc) is 3.34. The quantitative estimate of drug-likeness (QED) is 0.416. The molecule has 3 aliphatic rings. The lowest BCUT2D eigenvalue weighted by atomic mass is 9.78. The van der Waals surface area contributed by atoms with Gasteiger partial charge in [0, 0.05) is 35.9 Å². The zero-order valence-corrected chi connectivity index (χ0v) is 21.3. The number of rotatable bonds is 7. The summed E-state index contributed by atoms with van der Waals surface area (Å²) in [5.41, 5.74) is 4.92. The molecule has 1 aliphatic carbocycles. The molecule has 0 radical (unpaired) electrons. The van der Waals surface area contributed by atoms with Crippen molar-refractivity contribution < 1.29 is 9.59 Å². The lowest BCUT2D eigenvalue weighted by Crippen LogP contribution is -2.49. The summed E-state index contributed by atoms with van der Waals surface area (Å²) in [5.74, 6) is 0.928. The molecule has 2 aromatic carbocycles. The van der Waals surface area contributed by atoms with Crippen molar-refractivity contribution in [3.63, 3.8) is 0 Å². The SMILES string of the molecule is CCCCCCc1ccc(C(=O)N2CCc3cc(C(=O)N4CCC[C@H]5CCCC[C@H]54)ccc32)cc1. The van der Waals surface area contributed by atoms with Crippen molar-refractivity contribution in [2.24, 2.45) is 5.92 Å². The summed E-state index contributed by atoms with van der Waals surface area (Å²) in [6, 6.07) is 14.6. The number of benzene rings is 2. The highest BCUT2D eigenvalue weighted by Gasteiger charge is 2.36. The zero-order valence-electron chi connectivity index (χ0n) is 21.3. The van der Waals surface area contributed by atoms with E-state index >= 15 is 0 Å². The number of aryl methyl sites for hydroxylation is 1. The standard InChI is InChI=1S/C31H40N2O2/c1-2-3-4-5-9-23-13-15-25(16-14-23)30(34)33-21-19-26-22-27(17-18-29(26)33)31(35)32-20-8-11-24-10-6-7-12-28(24)32/h13-18,22,24,28H,2-12,19-21H2,1H3/t24-,28-/m1/s1. The summed E-state index contributed by atoms with van der Waals surface area (Å²) in [7, 11) is 0. The maximum atomic E-state index is 13.5. The number of anilines is 1. The number of hydrogen-bond donors (Lipinski definition) is 0. The predicted molar refractivity (Wildman–Crippen MR) is 142 cm³/mol. The van der Waals surface area contributed by atoms with E-state index in [1.165, 1.54) is 56.9 Å². The number of likely N-dealkylation sites (tertiary alicyclic amines) is 1. The van der Waals surface area contributed by atoms with Crippen LogP contribution in [0.2, 0.25) is 0 Å². The van der Waals surface area contributed by atoms with Gasteiger partial charge in [0.2, 0.25) is 0 Å². The molecule has 2 aromatic rings. The summed E-state index contributed by atoms with van der Waals surface area (Å²) in [5, 5.41) is 0. The Kier molecular flexibility index (Phi) is 7.55. The molecule has 2 atom stereocenters. The van der Waals surface area contributed by atoms with Crippen molar-refractivity contribution >= 4 is 17.5 Å². The molecule has 0 N–H and O–H groups in total. The third-order valence-corrected chi connectivity index (χ3v) is 8.49. The number of hydrogen-bond acceptors (Lipinski definition) is 2. The molecule has 4 nitrogen and oxygen atoms in total. The number of fused-ring (bicyclic) bond motifs is 2. The number of carbonyl (C=O) groups is 2. The van der Waals surface area contributed by atoms with Crippen molar-refractivity contribution in [3.8, 4) is 0 Å². The summed E-state index contributed by atoms with van der Waals surface area (Å²) in [4.78, 5) is 30.8. The van der Waals surface area contributed by atoms with Gasteiger partial charge >= 0.3 is 0 Å². The topological polar surface area (TPSA) is 40.6 Å². The van der Waals surface area contributed by atoms with E-state index < -0.39 is 0 Å². The van der Waals surface area contributed by atoms with Gasteiger partial charge < -0.3 is 9.80 Å². The summed E-state index contributed by atoms with van der Waals surface area (Å²) >= 11 is 0. The number of nitrogens with zero attached hydrogens (tertiary/aromatic N) is 2. The average molecular weight is 473 g/mol. The van der Waals surface area contributed by atoms with E-state index in [2.05, 4.69) is 30.0 Å². The van der Waals surface area contributed by atoms with Crippen molar-refractivity contribution in [3.05, 3.63) is 64.7 Å². The number of amides is 2. The van der Waals surface area contributed by atoms with E-state index in [1.807, 2.05) is 29.2 Å². The van der Waals surface area contributed by atoms with Crippen LogP contribution in [0.1, 0.15) is 103 Å². The molecule has 0 spiro atoms. The third kappa shape index (κ3) is 5.17. The second kappa shape index (κ2) is 11.0. The van der Waals surface area contributed by atoms with Gasteiger partial charge in [0.05, 0.1) is 0 Å². The molecule has 2 aliphatic heterocycles. The van der Waals surface area contributed by atoms with Crippen LogP contribution in [0.15, 0.2) is 42.5 Å². The minimum Gasteiger partial charge on any atom is -0.335 e. The van der Waals surface area contributed by atoms with Gasteiger partial charge in [-0.2, -0.15) is 0 Å². The van der Waals surface area contributed by atoms with Gasteiger partial charge in [0.15, 0.2) is 0 Å². The normalized spacial score (nSPS) is 21.5. The predicted octanol–water partition coefficient (Wildman–Crippen LogP) is 6.81. The van der Waals surface area contributed by atoms with E-state index in [1.54, 1.807) is 0 Å². The molecule has 2 amide bonds. The van der Waals surface area contributed by atoms with Gasteiger partial charge in [-0.25, -0.2) is 0 Å². The monoisotopic (exact) mass is 472 g/mol. The molecule has 4 heteroatoms. The van der Waals surface area contributed by atoms with Crippen LogP contribution in [-0.2, 0) is 12.8 Å². The number of piperidine rings is 1. The smallest absolute Gasteiger partial charge is 0.258 e. The molecule has 0 bridgehead atoms. The highest BCUT2D eigenvalue weighted by molar-refractivity contribution is 6.07. The molecular weight excluding hydrogens is 432 g/mol. The summed E-state index contributed by atoms with van der Waals surface area (Å²) < 4.78 is 0. The maximum absolute atomic E-state index is 13.5. The van der Waals surface area contributed by atoms with Gasteiger partial charge in [-0.3, -0.25) is 9.59 Å². The third-order valence-electron chi connectivity index (χ3n) is 8.49. The van der Waals surface area contributed by atoms with Gasteiger partial charge in [-0.15, -0.1) is 0 Å². The highest BCUT2D eigenvalue weighted by Crippen LogP contribution is 2.37. The highest BCUT2D eigenvalue weighted by atomic mass is 16.2. The number of unbranched alkanes of at least 4 members (excludes halogenated alkanes) is 3. The minimum atomic E-state index is 0.0569. The molecule has 186 valence electrons. The fourth-order valence-corrected chi connectivity index (χ4v) is 6.51. The van der Waals surface area contributed by atoms with Crippen molar-refractivity contribution in [2.45, 2.75) is 90.0 Å². The Morgan fingerprint density at radius 2 is 1.60 bits per heavy atom. The van der Waals surface area contributed by atoms with Crippen LogP contribution in [0, 0.1) is 5.92 Å². The van der Waals surface area contributed by atoms with Crippen LogP contribution in [0.3, 0.4) is 0 Å². The molecular formula is C31H40N2O2. The van der Waals surface area contributed by atoms with E-state index in [4.69, 9.17) is 0 Å². The first-order chi connectivity index (χ1) is 17.2. The van der Waals surface area contributed by atoms with Crippen molar-refractivity contribution in [1.82, 2.24) is 4.90 Å². The molecule has 1 saturated carbocycles. The Labute approximate surface area is 210 Å². The summed E-state index contributed by atoms with van der Waals surface area (Å²) in [6.07, 6.45) is 14.3. The van der Waals surface area contributed by atoms with Crippen molar-refractivity contribution in [2.75, 3.05) is 18.0 Å². The molecule has 1 saturated heterocycles. The Morgan fingerprint density at radius 1 is 0.829 bits per heavy atom. The molecule has 35 heavy (non-hydrogen) atoms. The van der Waals surface area contributed by atoms with Gasteiger partial charge in [0.25, 0.3) is 11.8 Å². The van der Waals surface area contributed by atoms with Crippen LogP contribution in [0.4, 0.5) is 5.69 Å². The fraction of sp³-hybridized carbons (Fsp3) is 0.548. The molecule has 0 unspecified atom stereocenters. The molecule has 2 heterocycles. The van der Waals surface area contributed by atoms with Crippen LogP contribution in [0.25, 0.3) is 0 Å². The molecule has 5 rings (SSSR count). The van der Waals surface area contributed by atoms with Gasteiger partial charge in [-0.05, 0) is 92.3 Å². The van der Waals surface area contributed by atoms with E-state index in [0.29, 0.717) is 18.5 Å². The van der Waals surface area contributed by atoms with Crippen molar-refractivity contribution in [1.29, 1.82) is 0 Å². The second-order valence-electron chi connectivity index (χ2n) is 10.8. The van der Waals surface area contributed by atoms with E-state index in [-0.39, 0.29) is 11.8 Å². The lowest BCUT2D eigenvalue weighted by Gasteiger charge is -2.44. The zero-order chi connectivity index (χ0) is 24.2. The first-order valence-corrected chi connectivity index (χ1v) is 14.0. The number of carbonyl (C=O) groups excluding carboxylic acids is 2. The Bertz CT molecular complexity index is 1040. The van der Waals surface area contributed by atoms with Crippen LogP contribution >= 0.6 is 0 Å². The largest absolute Gasteiger partial charge is 0.335 e. The Balaban J connectivity index is 1.25. The summed E-state index contributed by atoms with van der Waals surface area (Å²) in [6.45, 7) is 3.80. The van der Waals surface area contributed by atoms with Crippen LogP contribution in [0.5, 0.6) is 0 Å². The molecule has 0 aromatic heterocycles. The minimum absolute atomic E-state index is 0.0569. The second-order valence-corrected chi connectivity index (χ2v) is 10.8. The fourth-order valence-electron chi connectivity index (χ4n) is 6.51. The van der Waals surface area contributed by atoms with E-state index in [0.717, 1.165) is 54.6 Å². The Hall–Kier alpha value is -2.62. The first-order valence-electron chi connectivity index (χ1n) is 14.0. The van der Waals surface area contributed by atoms with Crippen LogP contribution < -0.4 is 4.90 Å². The van der Waals surface area contributed by atoms with Gasteiger partial charge in [0.1, 0.15) is 0 Å². The lowest BCUT2D eigenvalue weighted by molar-refractivity contribution is 0.0390. The Morgan fingerprint density at radius 3 is 2.43 bits per heavy atom. The maximum Gasteiger partial charge on any atom is 0.258 e. The first kappa shape index (κ1) is 24.1. The van der Waals surface area contributed by atoms with Gasteiger partial charge in [-0.1, -0.05) is 51.2 Å². The molecule has 2 fully saturated rings. The van der Waals surface area contributed by atoms with Crippen LogP contribution in [-0.4, -0.2) is 35.8 Å². The van der Waals surface area contributed by atoms with E-state index in [9.17, 15) is 9.59 Å².